The quantitative estimate of drug-likeness (QED) is 0.689. The van der Waals surface area contributed by atoms with Gasteiger partial charge in [-0.15, -0.1) is 5.10 Å². The number of aryl methyl sites for hydroxylation is 1. The van der Waals surface area contributed by atoms with Gasteiger partial charge in [-0.1, -0.05) is 27.6 Å². The van der Waals surface area contributed by atoms with E-state index in [4.69, 9.17) is 0 Å². The van der Waals surface area contributed by atoms with Crippen LogP contribution in [0.25, 0.3) is 0 Å². The number of halogens is 1. The molecule has 1 heterocycles. The third-order valence-corrected chi connectivity index (χ3v) is 3.66. The van der Waals surface area contributed by atoms with E-state index < -0.39 is 0 Å². The van der Waals surface area contributed by atoms with Gasteiger partial charge in [-0.25, -0.2) is 0 Å². The summed E-state index contributed by atoms with van der Waals surface area (Å²) >= 11 is 3.69. The van der Waals surface area contributed by atoms with E-state index in [-0.39, 0.29) is 0 Å². The molecule has 0 spiro atoms. The van der Waals surface area contributed by atoms with Gasteiger partial charge in [0.2, 0.25) is 0 Å². The van der Waals surface area contributed by atoms with Crippen LogP contribution in [0, 0.1) is 0 Å². The molecule has 12 heavy (non-hydrogen) atoms. The second-order valence-electron chi connectivity index (χ2n) is 3.34. The van der Waals surface area contributed by atoms with Gasteiger partial charge in [0.15, 0.2) is 0 Å². The lowest BCUT2D eigenvalue weighted by Gasteiger charge is -2.12. The molecule has 2 atom stereocenters. The summed E-state index contributed by atoms with van der Waals surface area (Å²) in [6, 6.07) is 0. The average molecular weight is 230 g/mol. The Balaban J connectivity index is 2.24. The van der Waals surface area contributed by atoms with Gasteiger partial charge in [0, 0.05) is 17.8 Å². The first-order chi connectivity index (χ1) is 5.79. The maximum atomic E-state index is 3.94. The molecule has 0 N–H and O–H groups in total. The summed E-state index contributed by atoms with van der Waals surface area (Å²) in [5.41, 5.74) is 1.26. The van der Waals surface area contributed by atoms with Crippen LogP contribution in [0.5, 0.6) is 0 Å². The van der Waals surface area contributed by atoms with Crippen molar-refractivity contribution in [3.05, 3.63) is 11.9 Å². The number of hydrogen-bond acceptors (Lipinski definition) is 2. The first-order valence-corrected chi connectivity index (χ1v) is 5.19. The van der Waals surface area contributed by atoms with Crippen LogP contribution in [0.1, 0.15) is 30.9 Å². The smallest absolute Gasteiger partial charge is 0.0728 e. The molecule has 0 bridgehead atoms. The Morgan fingerprint density at radius 1 is 1.58 bits per heavy atom. The van der Waals surface area contributed by atoms with E-state index in [1.165, 1.54) is 25.0 Å². The molecule has 0 amide bonds. The Labute approximate surface area is 80.3 Å². The number of rotatable bonds is 1. The third-order valence-electron chi connectivity index (χ3n) is 2.56. The lowest BCUT2D eigenvalue weighted by molar-refractivity contribution is 0.615. The number of aromatic nitrogens is 3. The fourth-order valence-electron chi connectivity index (χ4n) is 1.88. The number of hydrogen-bond donors (Lipinski definition) is 0. The molecule has 3 nitrogen and oxygen atoms in total. The zero-order valence-corrected chi connectivity index (χ0v) is 8.66. The largest absolute Gasteiger partial charge is 0.252 e. The predicted octanol–water partition coefficient (Wildman–Crippen LogP) is 1.85. The summed E-state index contributed by atoms with van der Waals surface area (Å²) in [7, 11) is 1.96. The van der Waals surface area contributed by atoms with E-state index >= 15 is 0 Å². The van der Waals surface area contributed by atoms with E-state index in [1.807, 2.05) is 17.9 Å². The van der Waals surface area contributed by atoms with Crippen molar-refractivity contribution in [2.45, 2.75) is 30.0 Å². The number of nitrogens with zero attached hydrogens (tertiary/aromatic N) is 3. The Kier molecular flexibility index (Phi) is 2.17. The van der Waals surface area contributed by atoms with Crippen LogP contribution in [-0.4, -0.2) is 19.8 Å². The van der Waals surface area contributed by atoms with E-state index in [0.717, 1.165) is 0 Å². The topological polar surface area (TPSA) is 30.7 Å². The second kappa shape index (κ2) is 3.17. The first kappa shape index (κ1) is 8.23. The summed E-state index contributed by atoms with van der Waals surface area (Å²) in [4.78, 5) is 0.620. The van der Waals surface area contributed by atoms with E-state index in [0.29, 0.717) is 10.7 Å². The van der Waals surface area contributed by atoms with Gasteiger partial charge in [-0.3, -0.25) is 4.68 Å². The molecular formula is C8H12BrN3. The van der Waals surface area contributed by atoms with Gasteiger partial charge >= 0.3 is 0 Å². The Morgan fingerprint density at radius 3 is 2.92 bits per heavy atom. The van der Waals surface area contributed by atoms with Crippen LogP contribution in [0.4, 0.5) is 0 Å². The molecule has 1 aromatic rings. The van der Waals surface area contributed by atoms with Crippen molar-refractivity contribution in [3.8, 4) is 0 Å². The molecule has 0 radical (unpaired) electrons. The van der Waals surface area contributed by atoms with Crippen molar-refractivity contribution in [2.24, 2.45) is 7.05 Å². The number of alkyl halides is 1. The lowest BCUT2D eigenvalue weighted by Crippen LogP contribution is -2.09. The van der Waals surface area contributed by atoms with Gasteiger partial charge < -0.3 is 0 Å². The normalized spacial score (nSPS) is 29.5. The standard InChI is InChI=1S/C8H12BrN3/c1-12-8(5-10-11-12)6-3-2-4-7(6)9/h5-7H,2-4H2,1H3. The van der Waals surface area contributed by atoms with Crippen molar-refractivity contribution in [1.82, 2.24) is 15.0 Å². The van der Waals surface area contributed by atoms with Crippen molar-refractivity contribution >= 4 is 15.9 Å². The lowest BCUT2D eigenvalue weighted by atomic mass is 10.1. The molecule has 2 rings (SSSR count). The molecule has 4 heteroatoms. The summed E-state index contributed by atoms with van der Waals surface area (Å²) < 4.78 is 1.88. The molecule has 0 aromatic carbocycles. The van der Waals surface area contributed by atoms with Crippen molar-refractivity contribution in [1.29, 1.82) is 0 Å². The minimum absolute atomic E-state index is 0.616. The van der Waals surface area contributed by atoms with Crippen LogP contribution < -0.4 is 0 Å². The van der Waals surface area contributed by atoms with Crippen LogP contribution in [0.3, 0.4) is 0 Å². The second-order valence-corrected chi connectivity index (χ2v) is 4.51. The van der Waals surface area contributed by atoms with Crippen molar-refractivity contribution in [3.63, 3.8) is 0 Å². The molecular weight excluding hydrogens is 218 g/mol. The maximum absolute atomic E-state index is 3.94. The van der Waals surface area contributed by atoms with Crippen LogP contribution in [0.2, 0.25) is 0 Å². The van der Waals surface area contributed by atoms with Gasteiger partial charge in [-0.05, 0) is 12.8 Å². The highest BCUT2D eigenvalue weighted by atomic mass is 79.9. The van der Waals surface area contributed by atoms with Crippen LogP contribution >= 0.6 is 15.9 Å². The molecule has 66 valence electrons. The van der Waals surface area contributed by atoms with Gasteiger partial charge in [0.25, 0.3) is 0 Å². The minimum Gasteiger partial charge on any atom is -0.252 e. The molecule has 1 saturated carbocycles. The summed E-state index contributed by atoms with van der Waals surface area (Å²) in [6.07, 6.45) is 5.73. The monoisotopic (exact) mass is 229 g/mol. The molecule has 1 fully saturated rings. The third kappa shape index (κ3) is 1.28. The highest BCUT2D eigenvalue weighted by Crippen LogP contribution is 2.38. The van der Waals surface area contributed by atoms with E-state index in [1.54, 1.807) is 0 Å². The predicted molar refractivity (Wildman–Crippen MR) is 50.3 cm³/mol. The highest BCUT2D eigenvalue weighted by molar-refractivity contribution is 9.09. The first-order valence-electron chi connectivity index (χ1n) is 4.27. The van der Waals surface area contributed by atoms with Crippen molar-refractivity contribution < 1.29 is 0 Å². The summed E-state index contributed by atoms with van der Waals surface area (Å²) in [6.45, 7) is 0. The average Bonchev–Trinajstić information content (AvgIpc) is 2.59. The summed E-state index contributed by atoms with van der Waals surface area (Å²) in [5, 5.41) is 7.83. The molecule has 2 unspecified atom stereocenters. The van der Waals surface area contributed by atoms with Crippen molar-refractivity contribution in [2.75, 3.05) is 0 Å². The molecule has 1 aliphatic carbocycles. The zero-order valence-electron chi connectivity index (χ0n) is 7.07. The van der Waals surface area contributed by atoms with E-state index in [9.17, 15) is 0 Å². The summed E-state index contributed by atoms with van der Waals surface area (Å²) in [5.74, 6) is 0.616. The maximum Gasteiger partial charge on any atom is 0.0728 e. The SMILES string of the molecule is Cn1nncc1C1CCCC1Br. The Hall–Kier alpha value is -0.380. The molecule has 0 aliphatic heterocycles. The van der Waals surface area contributed by atoms with E-state index in [2.05, 4.69) is 26.2 Å². The van der Waals surface area contributed by atoms with Gasteiger partial charge in [-0.2, -0.15) is 0 Å². The molecule has 1 aromatic heterocycles. The fraction of sp³-hybridized carbons (Fsp3) is 0.750. The zero-order chi connectivity index (χ0) is 8.55. The van der Waals surface area contributed by atoms with Gasteiger partial charge in [0.05, 0.1) is 11.9 Å². The Bertz CT molecular complexity index is 271. The minimum atomic E-state index is 0.616. The molecule has 1 aliphatic rings. The fourth-order valence-corrected chi connectivity index (χ4v) is 2.74. The Morgan fingerprint density at radius 2 is 2.42 bits per heavy atom. The van der Waals surface area contributed by atoms with Crippen LogP contribution in [-0.2, 0) is 7.05 Å². The van der Waals surface area contributed by atoms with Crippen LogP contribution in [0.15, 0.2) is 6.20 Å². The highest BCUT2D eigenvalue weighted by Gasteiger charge is 2.28. The van der Waals surface area contributed by atoms with Gasteiger partial charge in [0.1, 0.15) is 0 Å². The molecule has 0 saturated heterocycles.